The number of carbonyl (C=O) groups is 1. The Kier molecular flexibility index (Phi) is 4.82. The van der Waals surface area contributed by atoms with Gasteiger partial charge in [-0.2, -0.15) is 0 Å². The molecule has 1 fully saturated rings. The molecule has 1 saturated heterocycles. The summed E-state index contributed by atoms with van der Waals surface area (Å²) >= 11 is 0. The molecule has 4 heteroatoms. The minimum atomic E-state index is 0.228. The third kappa shape index (κ3) is 4.01. The van der Waals surface area contributed by atoms with Gasteiger partial charge in [0.2, 0.25) is 5.91 Å². The van der Waals surface area contributed by atoms with E-state index in [9.17, 15) is 4.79 Å². The Labute approximate surface area is 113 Å². The molecule has 0 saturated carbocycles. The van der Waals surface area contributed by atoms with Crippen LogP contribution in [0.2, 0.25) is 0 Å². The standard InChI is InChI=1S/C15H18N2O2/c16-8-2-5-13-4-1-6-14(12-13)19-11-10-17-9-3-7-15(17)18/h1,4,6,12H,3,7-11,16H2. The lowest BCUT2D eigenvalue weighted by atomic mass is 10.2. The number of benzene rings is 1. The van der Waals surface area contributed by atoms with Crippen molar-refractivity contribution < 1.29 is 9.53 Å². The maximum Gasteiger partial charge on any atom is 0.222 e. The molecule has 2 rings (SSSR count). The lowest BCUT2D eigenvalue weighted by Crippen LogP contribution is -2.29. The number of nitrogens with zero attached hydrogens (tertiary/aromatic N) is 1. The second-order valence-corrected chi connectivity index (χ2v) is 4.37. The van der Waals surface area contributed by atoms with Crippen LogP contribution in [-0.2, 0) is 4.79 Å². The molecule has 0 atom stereocenters. The van der Waals surface area contributed by atoms with Crippen LogP contribution in [0.5, 0.6) is 5.75 Å². The molecule has 100 valence electrons. The van der Waals surface area contributed by atoms with Crippen LogP contribution < -0.4 is 10.5 Å². The average molecular weight is 258 g/mol. The number of ether oxygens (including phenoxy) is 1. The van der Waals surface area contributed by atoms with Gasteiger partial charge in [0.15, 0.2) is 0 Å². The van der Waals surface area contributed by atoms with Crippen LogP contribution in [0, 0.1) is 11.8 Å². The van der Waals surface area contributed by atoms with Gasteiger partial charge in [0.1, 0.15) is 12.4 Å². The number of rotatable bonds is 4. The molecular formula is C15H18N2O2. The summed E-state index contributed by atoms with van der Waals surface area (Å²) in [5, 5.41) is 0. The lowest BCUT2D eigenvalue weighted by Gasteiger charge is -2.15. The minimum absolute atomic E-state index is 0.228. The summed E-state index contributed by atoms with van der Waals surface area (Å²) in [4.78, 5) is 13.3. The molecule has 1 aromatic carbocycles. The predicted octanol–water partition coefficient (Wildman–Crippen LogP) is 0.998. The molecule has 1 aliphatic heterocycles. The van der Waals surface area contributed by atoms with Crippen LogP contribution in [0.4, 0.5) is 0 Å². The predicted molar refractivity (Wildman–Crippen MR) is 73.7 cm³/mol. The molecule has 0 spiro atoms. The van der Waals surface area contributed by atoms with E-state index in [4.69, 9.17) is 10.5 Å². The van der Waals surface area contributed by atoms with E-state index in [-0.39, 0.29) is 5.91 Å². The zero-order valence-electron chi connectivity index (χ0n) is 10.9. The smallest absolute Gasteiger partial charge is 0.222 e. The van der Waals surface area contributed by atoms with Crippen molar-refractivity contribution in [3.05, 3.63) is 29.8 Å². The molecule has 1 aromatic rings. The third-order valence-corrected chi connectivity index (χ3v) is 2.97. The summed E-state index contributed by atoms with van der Waals surface area (Å²) in [7, 11) is 0. The Bertz CT molecular complexity index is 502. The number of hydrogen-bond acceptors (Lipinski definition) is 3. The zero-order valence-corrected chi connectivity index (χ0v) is 10.9. The number of carbonyl (C=O) groups excluding carboxylic acids is 1. The summed E-state index contributed by atoms with van der Waals surface area (Å²) in [5.41, 5.74) is 6.22. The quantitative estimate of drug-likeness (QED) is 0.820. The first kappa shape index (κ1) is 13.4. The fourth-order valence-electron chi connectivity index (χ4n) is 2.03. The number of hydrogen-bond donors (Lipinski definition) is 1. The number of nitrogens with two attached hydrogens (primary N) is 1. The molecule has 0 aliphatic carbocycles. The first-order valence-electron chi connectivity index (χ1n) is 6.49. The van der Waals surface area contributed by atoms with E-state index in [1.165, 1.54) is 0 Å². The van der Waals surface area contributed by atoms with Crippen molar-refractivity contribution in [3.8, 4) is 17.6 Å². The van der Waals surface area contributed by atoms with Crippen LogP contribution in [0.25, 0.3) is 0 Å². The van der Waals surface area contributed by atoms with E-state index in [1.807, 2.05) is 29.2 Å². The fraction of sp³-hybridized carbons (Fsp3) is 0.400. The van der Waals surface area contributed by atoms with Gasteiger partial charge < -0.3 is 15.4 Å². The zero-order chi connectivity index (χ0) is 13.5. The maximum atomic E-state index is 11.4. The normalized spacial score (nSPS) is 14.2. The van der Waals surface area contributed by atoms with Crippen molar-refractivity contribution in [3.63, 3.8) is 0 Å². The molecule has 19 heavy (non-hydrogen) atoms. The average Bonchev–Trinajstić information content (AvgIpc) is 2.83. The summed E-state index contributed by atoms with van der Waals surface area (Å²) in [6.45, 7) is 2.36. The summed E-state index contributed by atoms with van der Waals surface area (Å²) in [5.74, 6) is 6.77. The van der Waals surface area contributed by atoms with Crippen molar-refractivity contribution in [2.24, 2.45) is 5.73 Å². The molecular weight excluding hydrogens is 240 g/mol. The molecule has 4 nitrogen and oxygen atoms in total. The molecule has 1 amide bonds. The summed E-state index contributed by atoms with van der Waals surface area (Å²) in [6.07, 6.45) is 1.63. The first-order chi connectivity index (χ1) is 9.29. The molecule has 0 bridgehead atoms. The fourth-order valence-corrected chi connectivity index (χ4v) is 2.03. The first-order valence-corrected chi connectivity index (χ1v) is 6.49. The van der Waals surface area contributed by atoms with Gasteiger partial charge in [-0.3, -0.25) is 4.79 Å². The van der Waals surface area contributed by atoms with Crippen molar-refractivity contribution in [1.29, 1.82) is 0 Å². The minimum Gasteiger partial charge on any atom is -0.492 e. The van der Waals surface area contributed by atoms with Crippen molar-refractivity contribution in [2.45, 2.75) is 12.8 Å². The number of likely N-dealkylation sites (tertiary alicyclic amines) is 1. The van der Waals surface area contributed by atoms with Gasteiger partial charge in [-0.15, -0.1) is 0 Å². The van der Waals surface area contributed by atoms with Crippen LogP contribution >= 0.6 is 0 Å². The van der Waals surface area contributed by atoms with Crippen LogP contribution in [0.15, 0.2) is 24.3 Å². The van der Waals surface area contributed by atoms with Crippen molar-refractivity contribution >= 4 is 5.91 Å². The van der Waals surface area contributed by atoms with Gasteiger partial charge in [0.05, 0.1) is 13.1 Å². The highest BCUT2D eigenvalue weighted by Crippen LogP contribution is 2.13. The van der Waals surface area contributed by atoms with Crippen LogP contribution in [0.1, 0.15) is 18.4 Å². The van der Waals surface area contributed by atoms with Crippen molar-refractivity contribution in [2.75, 3.05) is 26.2 Å². The monoisotopic (exact) mass is 258 g/mol. The second-order valence-electron chi connectivity index (χ2n) is 4.37. The van der Waals surface area contributed by atoms with Gasteiger partial charge in [-0.1, -0.05) is 17.9 Å². The highest BCUT2D eigenvalue weighted by molar-refractivity contribution is 5.78. The second kappa shape index (κ2) is 6.81. The Morgan fingerprint density at radius 2 is 2.32 bits per heavy atom. The van der Waals surface area contributed by atoms with Gasteiger partial charge in [-0.25, -0.2) is 0 Å². The highest BCUT2D eigenvalue weighted by Gasteiger charge is 2.19. The lowest BCUT2D eigenvalue weighted by molar-refractivity contribution is -0.128. The van der Waals surface area contributed by atoms with Gasteiger partial charge in [-0.05, 0) is 24.6 Å². The van der Waals surface area contributed by atoms with Gasteiger partial charge in [0, 0.05) is 18.5 Å². The van der Waals surface area contributed by atoms with Crippen LogP contribution in [-0.4, -0.2) is 37.0 Å². The Hall–Kier alpha value is -1.99. The van der Waals surface area contributed by atoms with E-state index in [0.717, 1.165) is 24.3 Å². The van der Waals surface area contributed by atoms with Crippen LogP contribution in [0.3, 0.4) is 0 Å². The summed E-state index contributed by atoms with van der Waals surface area (Å²) < 4.78 is 5.64. The molecule has 2 N–H and O–H groups in total. The van der Waals surface area contributed by atoms with E-state index in [1.54, 1.807) is 0 Å². The van der Waals surface area contributed by atoms with E-state index in [0.29, 0.717) is 26.1 Å². The molecule has 0 radical (unpaired) electrons. The Morgan fingerprint density at radius 3 is 3.05 bits per heavy atom. The van der Waals surface area contributed by atoms with E-state index < -0.39 is 0 Å². The molecule has 0 aromatic heterocycles. The van der Waals surface area contributed by atoms with E-state index in [2.05, 4.69) is 11.8 Å². The summed E-state index contributed by atoms with van der Waals surface area (Å²) in [6, 6.07) is 7.59. The van der Waals surface area contributed by atoms with Gasteiger partial charge >= 0.3 is 0 Å². The Morgan fingerprint density at radius 1 is 1.42 bits per heavy atom. The SMILES string of the molecule is NCC#Cc1cccc(OCCN2CCCC2=O)c1. The molecule has 0 unspecified atom stereocenters. The molecule has 1 aliphatic rings. The highest BCUT2D eigenvalue weighted by atomic mass is 16.5. The number of amides is 1. The largest absolute Gasteiger partial charge is 0.492 e. The Balaban J connectivity index is 1.84. The van der Waals surface area contributed by atoms with Gasteiger partial charge in [0.25, 0.3) is 0 Å². The maximum absolute atomic E-state index is 11.4. The van der Waals surface area contributed by atoms with E-state index >= 15 is 0 Å². The van der Waals surface area contributed by atoms with Crippen molar-refractivity contribution in [1.82, 2.24) is 4.90 Å². The third-order valence-electron chi connectivity index (χ3n) is 2.97. The topological polar surface area (TPSA) is 55.6 Å². The molecule has 1 heterocycles.